The number of aliphatic hydroxyl groups is 1. The van der Waals surface area contributed by atoms with Crippen LogP contribution in [0.15, 0.2) is 18.2 Å². The Kier molecular flexibility index (Phi) is 3.15. The first-order valence-electron chi connectivity index (χ1n) is 5.33. The van der Waals surface area contributed by atoms with Gasteiger partial charge in [-0.2, -0.15) is 13.2 Å². The standard InChI is InChI=1S/C11H13F3N2O/c12-11(13,14)8-1-2-10-9(7-8)15-3-4-16(10)5-6-17/h1-2,7,15,17H,3-6H2. The molecule has 0 fully saturated rings. The van der Waals surface area contributed by atoms with Gasteiger partial charge in [0.2, 0.25) is 0 Å². The molecule has 6 heteroatoms. The molecule has 0 saturated heterocycles. The lowest BCUT2D eigenvalue weighted by molar-refractivity contribution is -0.137. The van der Waals surface area contributed by atoms with Crippen LogP contribution in [0.4, 0.5) is 24.5 Å². The summed E-state index contributed by atoms with van der Waals surface area (Å²) in [5.41, 5.74) is 0.521. The number of fused-ring (bicyclic) bond motifs is 1. The summed E-state index contributed by atoms with van der Waals surface area (Å²) in [5, 5.41) is 11.8. The zero-order valence-electron chi connectivity index (χ0n) is 9.09. The highest BCUT2D eigenvalue weighted by molar-refractivity contribution is 5.73. The highest BCUT2D eigenvalue weighted by atomic mass is 19.4. The zero-order valence-corrected chi connectivity index (χ0v) is 9.09. The zero-order chi connectivity index (χ0) is 12.5. The van der Waals surface area contributed by atoms with Gasteiger partial charge in [-0.25, -0.2) is 0 Å². The van der Waals surface area contributed by atoms with E-state index in [0.717, 1.165) is 12.1 Å². The van der Waals surface area contributed by atoms with Gasteiger partial charge in [-0.15, -0.1) is 0 Å². The van der Waals surface area contributed by atoms with Gasteiger partial charge in [0.15, 0.2) is 0 Å². The molecule has 0 radical (unpaired) electrons. The monoisotopic (exact) mass is 246 g/mol. The summed E-state index contributed by atoms with van der Waals surface area (Å²) >= 11 is 0. The number of hydrogen-bond acceptors (Lipinski definition) is 3. The van der Waals surface area contributed by atoms with Crippen molar-refractivity contribution in [3.63, 3.8) is 0 Å². The molecule has 0 saturated carbocycles. The molecule has 94 valence electrons. The van der Waals surface area contributed by atoms with Gasteiger partial charge in [0.1, 0.15) is 0 Å². The summed E-state index contributed by atoms with van der Waals surface area (Å²) in [6.45, 7) is 1.67. The third-order valence-corrected chi connectivity index (χ3v) is 2.73. The highest BCUT2D eigenvalue weighted by Gasteiger charge is 2.31. The van der Waals surface area contributed by atoms with E-state index in [9.17, 15) is 13.2 Å². The fourth-order valence-corrected chi connectivity index (χ4v) is 1.93. The Morgan fingerprint density at radius 2 is 2.12 bits per heavy atom. The minimum absolute atomic E-state index is 0.0134. The van der Waals surface area contributed by atoms with Crippen molar-refractivity contribution in [2.24, 2.45) is 0 Å². The smallest absolute Gasteiger partial charge is 0.395 e. The number of aliphatic hydroxyl groups excluding tert-OH is 1. The maximum atomic E-state index is 12.5. The molecule has 0 amide bonds. The molecule has 0 spiro atoms. The third-order valence-electron chi connectivity index (χ3n) is 2.73. The second kappa shape index (κ2) is 4.44. The maximum Gasteiger partial charge on any atom is 0.416 e. The van der Waals surface area contributed by atoms with E-state index in [4.69, 9.17) is 5.11 Å². The van der Waals surface area contributed by atoms with Crippen LogP contribution in [0.2, 0.25) is 0 Å². The molecule has 2 rings (SSSR count). The van der Waals surface area contributed by atoms with Gasteiger partial charge in [-0.3, -0.25) is 0 Å². The van der Waals surface area contributed by atoms with Gasteiger partial charge in [0.05, 0.1) is 23.5 Å². The maximum absolute atomic E-state index is 12.5. The van der Waals surface area contributed by atoms with Crippen LogP contribution >= 0.6 is 0 Å². The van der Waals surface area contributed by atoms with E-state index in [0.29, 0.717) is 31.0 Å². The number of halogens is 3. The quantitative estimate of drug-likeness (QED) is 0.837. The van der Waals surface area contributed by atoms with Crippen LogP contribution in [0.5, 0.6) is 0 Å². The fraction of sp³-hybridized carbons (Fsp3) is 0.455. The minimum atomic E-state index is -4.32. The van der Waals surface area contributed by atoms with Crippen LogP contribution in [0.3, 0.4) is 0 Å². The van der Waals surface area contributed by atoms with E-state index in [1.807, 2.05) is 4.90 Å². The van der Waals surface area contributed by atoms with Gasteiger partial charge in [0.25, 0.3) is 0 Å². The van der Waals surface area contributed by atoms with Crippen molar-refractivity contribution in [3.05, 3.63) is 23.8 Å². The number of anilines is 2. The minimum Gasteiger partial charge on any atom is -0.395 e. The van der Waals surface area contributed by atoms with Gasteiger partial charge >= 0.3 is 6.18 Å². The largest absolute Gasteiger partial charge is 0.416 e. The first-order valence-corrected chi connectivity index (χ1v) is 5.33. The molecule has 17 heavy (non-hydrogen) atoms. The summed E-state index contributed by atoms with van der Waals surface area (Å²) in [5.74, 6) is 0. The number of alkyl halides is 3. The predicted octanol–water partition coefficient (Wildman–Crippen LogP) is 1.93. The van der Waals surface area contributed by atoms with Crippen molar-refractivity contribution < 1.29 is 18.3 Å². The van der Waals surface area contributed by atoms with Crippen molar-refractivity contribution >= 4 is 11.4 Å². The van der Waals surface area contributed by atoms with Crippen molar-refractivity contribution in [3.8, 4) is 0 Å². The normalized spacial score (nSPS) is 15.4. The van der Waals surface area contributed by atoms with E-state index >= 15 is 0 Å². The molecule has 0 bridgehead atoms. The fourth-order valence-electron chi connectivity index (χ4n) is 1.93. The SMILES string of the molecule is OCCN1CCNc2cc(C(F)(F)F)ccc21. The van der Waals surface area contributed by atoms with Crippen LogP contribution < -0.4 is 10.2 Å². The summed E-state index contributed by atoms with van der Waals surface area (Å²) in [7, 11) is 0. The third kappa shape index (κ3) is 2.46. The first-order chi connectivity index (χ1) is 8.02. The lowest BCUT2D eigenvalue weighted by Gasteiger charge is -2.32. The number of hydrogen-bond donors (Lipinski definition) is 2. The van der Waals surface area contributed by atoms with Crippen LogP contribution in [0, 0.1) is 0 Å². The molecule has 0 atom stereocenters. The molecule has 0 unspecified atom stereocenters. The van der Waals surface area contributed by atoms with Gasteiger partial charge in [-0.1, -0.05) is 0 Å². The van der Waals surface area contributed by atoms with Gasteiger partial charge in [0, 0.05) is 19.6 Å². The molecule has 1 aliphatic heterocycles. The van der Waals surface area contributed by atoms with Crippen molar-refractivity contribution in [2.75, 3.05) is 36.5 Å². The number of nitrogens with one attached hydrogen (secondary N) is 1. The Bertz CT molecular complexity index is 406. The summed E-state index contributed by atoms with van der Waals surface area (Å²) in [4.78, 5) is 1.87. The molecule has 2 N–H and O–H groups in total. The number of rotatable bonds is 2. The Morgan fingerprint density at radius 3 is 2.76 bits per heavy atom. The van der Waals surface area contributed by atoms with Crippen LogP contribution in [-0.2, 0) is 6.18 Å². The topological polar surface area (TPSA) is 35.5 Å². The van der Waals surface area contributed by atoms with E-state index in [-0.39, 0.29) is 6.61 Å². The Morgan fingerprint density at radius 1 is 1.35 bits per heavy atom. The summed E-state index contributed by atoms with van der Waals surface area (Å²) < 4.78 is 37.6. The molecular weight excluding hydrogens is 233 g/mol. The summed E-state index contributed by atoms with van der Waals surface area (Å²) in [6, 6.07) is 3.62. The number of β-amino-alcohol motifs (C(OH)–C–C–N with tert-alkyl or cyclic N) is 1. The van der Waals surface area contributed by atoms with Gasteiger partial charge in [-0.05, 0) is 18.2 Å². The van der Waals surface area contributed by atoms with E-state index < -0.39 is 11.7 Å². The second-order valence-electron chi connectivity index (χ2n) is 3.87. The first kappa shape index (κ1) is 12.0. The Labute approximate surface area is 96.9 Å². The Hall–Kier alpha value is -1.43. The predicted molar refractivity (Wildman–Crippen MR) is 59.2 cm³/mol. The highest BCUT2D eigenvalue weighted by Crippen LogP contribution is 2.36. The van der Waals surface area contributed by atoms with Gasteiger partial charge < -0.3 is 15.3 Å². The molecule has 1 aromatic rings. The molecule has 0 aliphatic carbocycles. The second-order valence-corrected chi connectivity index (χ2v) is 3.87. The summed E-state index contributed by atoms with van der Waals surface area (Å²) in [6.07, 6.45) is -4.32. The number of nitrogens with zero attached hydrogens (tertiary/aromatic N) is 1. The molecule has 0 aromatic heterocycles. The van der Waals surface area contributed by atoms with Crippen molar-refractivity contribution in [1.29, 1.82) is 0 Å². The molecule has 1 aliphatic rings. The van der Waals surface area contributed by atoms with E-state index in [1.165, 1.54) is 6.07 Å². The Balaban J connectivity index is 2.33. The van der Waals surface area contributed by atoms with Crippen LogP contribution in [-0.4, -0.2) is 31.3 Å². The van der Waals surface area contributed by atoms with Crippen molar-refractivity contribution in [2.45, 2.75) is 6.18 Å². The lowest BCUT2D eigenvalue weighted by Crippen LogP contribution is -2.36. The molecular formula is C11H13F3N2O. The van der Waals surface area contributed by atoms with Crippen LogP contribution in [0.1, 0.15) is 5.56 Å². The molecule has 1 heterocycles. The lowest BCUT2D eigenvalue weighted by atomic mass is 10.1. The van der Waals surface area contributed by atoms with E-state index in [1.54, 1.807) is 0 Å². The number of benzene rings is 1. The average Bonchev–Trinajstić information content (AvgIpc) is 2.28. The average molecular weight is 246 g/mol. The van der Waals surface area contributed by atoms with E-state index in [2.05, 4.69) is 5.32 Å². The molecule has 3 nitrogen and oxygen atoms in total. The van der Waals surface area contributed by atoms with Crippen molar-refractivity contribution in [1.82, 2.24) is 0 Å². The molecule has 1 aromatic carbocycles. The van der Waals surface area contributed by atoms with Crippen LogP contribution in [0.25, 0.3) is 0 Å².